The van der Waals surface area contributed by atoms with Crippen molar-refractivity contribution in [3.8, 4) is 0 Å². The number of halogens is 4. The maximum absolute atomic E-state index is 11.8. The van der Waals surface area contributed by atoms with Gasteiger partial charge >= 0.3 is 58.4 Å². The standard InChI is InChI=1S/C4H2BClF3S.K/c6-3-1-4(10-2-3)5(7,8)9;/h1-2H;/q-1;+1. The SMILES string of the molecule is F[B-](F)(F)c1cc(Cl)cs1.[K+]. The van der Waals surface area contributed by atoms with Crippen LogP contribution >= 0.6 is 22.9 Å². The van der Waals surface area contributed by atoms with E-state index in [0.717, 1.165) is 6.07 Å². The molecular weight excluding hydrogens is 222 g/mol. The molecule has 0 fully saturated rings. The third-order valence-electron chi connectivity index (χ3n) is 0.910. The van der Waals surface area contributed by atoms with Crippen LogP contribution in [-0.4, -0.2) is 6.98 Å². The van der Waals surface area contributed by atoms with Crippen LogP contribution in [0.25, 0.3) is 0 Å². The average Bonchev–Trinajstić information content (AvgIpc) is 2.11. The Bertz CT molecular complexity index is 235. The number of hydrogen-bond donors (Lipinski definition) is 0. The van der Waals surface area contributed by atoms with E-state index in [9.17, 15) is 12.9 Å². The van der Waals surface area contributed by atoms with E-state index < -0.39 is 11.8 Å². The van der Waals surface area contributed by atoms with Crippen LogP contribution < -0.4 is 56.2 Å². The fraction of sp³-hybridized carbons (Fsp3) is 0. The van der Waals surface area contributed by atoms with Gasteiger partial charge in [-0.1, -0.05) is 22.4 Å². The maximum Gasteiger partial charge on any atom is 1.00 e. The molecule has 0 saturated heterocycles. The summed E-state index contributed by atoms with van der Waals surface area (Å²) in [5.41, 5.74) is 0. The van der Waals surface area contributed by atoms with Crippen LogP contribution in [0.1, 0.15) is 0 Å². The molecule has 0 aromatic carbocycles. The summed E-state index contributed by atoms with van der Waals surface area (Å²) in [7, 11) is 0. The molecule has 0 radical (unpaired) electrons. The molecule has 0 bridgehead atoms. The van der Waals surface area contributed by atoms with Gasteiger partial charge in [0.1, 0.15) is 0 Å². The van der Waals surface area contributed by atoms with Gasteiger partial charge < -0.3 is 12.9 Å². The van der Waals surface area contributed by atoms with Crippen molar-refractivity contribution < 1.29 is 64.3 Å². The maximum atomic E-state index is 11.8. The third-order valence-corrected chi connectivity index (χ3v) is 2.29. The van der Waals surface area contributed by atoms with Crippen molar-refractivity contribution in [2.75, 3.05) is 0 Å². The Hall–Kier alpha value is 1.48. The van der Waals surface area contributed by atoms with Gasteiger partial charge in [-0.2, -0.15) is 11.3 Å². The molecule has 7 heteroatoms. The monoisotopic (exact) mass is 224 g/mol. The van der Waals surface area contributed by atoms with Gasteiger partial charge in [-0.25, -0.2) is 0 Å². The topological polar surface area (TPSA) is 0 Å². The summed E-state index contributed by atoms with van der Waals surface area (Å²) in [5.74, 6) is 0. The minimum absolute atomic E-state index is 0. The first-order chi connectivity index (χ1) is 4.50. The zero-order valence-corrected chi connectivity index (χ0v) is 10.3. The summed E-state index contributed by atoms with van der Waals surface area (Å²) in [5, 5.41) is 1.42. The molecule has 11 heavy (non-hydrogen) atoms. The molecule has 1 heterocycles. The first kappa shape index (κ1) is 12.5. The van der Waals surface area contributed by atoms with Gasteiger partial charge in [-0.15, -0.1) is 0 Å². The molecule has 56 valence electrons. The number of rotatable bonds is 1. The zero-order chi connectivity index (χ0) is 7.78. The molecule has 1 aromatic heterocycles. The Balaban J connectivity index is 0.000001000. The molecule has 0 spiro atoms. The van der Waals surface area contributed by atoms with Gasteiger partial charge in [0.05, 0.1) is 0 Å². The van der Waals surface area contributed by atoms with Crippen molar-refractivity contribution in [2.45, 2.75) is 0 Å². The molecule has 1 aromatic rings. The first-order valence-corrected chi connectivity index (χ1v) is 3.70. The third kappa shape index (κ3) is 3.80. The first-order valence-electron chi connectivity index (χ1n) is 2.44. The smallest absolute Gasteiger partial charge is 0.444 e. The number of thiophene rings is 1. The minimum Gasteiger partial charge on any atom is -0.444 e. The van der Waals surface area contributed by atoms with Crippen LogP contribution in [0.5, 0.6) is 0 Å². The van der Waals surface area contributed by atoms with E-state index in [1.165, 1.54) is 5.38 Å². The second-order valence-corrected chi connectivity index (χ2v) is 3.12. The molecule has 0 nitrogen and oxygen atoms in total. The van der Waals surface area contributed by atoms with Crippen molar-refractivity contribution in [3.05, 3.63) is 16.5 Å². The molecule has 0 amide bonds. The van der Waals surface area contributed by atoms with Crippen LogP contribution in [0.3, 0.4) is 0 Å². The Morgan fingerprint density at radius 3 is 2.09 bits per heavy atom. The van der Waals surface area contributed by atoms with Gasteiger partial charge in [0.15, 0.2) is 0 Å². The molecule has 0 atom stereocenters. The fourth-order valence-electron chi connectivity index (χ4n) is 0.500. The van der Waals surface area contributed by atoms with Gasteiger partial charge in [-0.05, 0) is 0 Å². The van der Waals surface area contributed by atoms with Crippen molar-refractivity contribution in [1.29, 1.82) is 0 Å². The molecule has 0 unspecified atom stereocenters. The van der Waals surface area contributed by atoms with E-state index in [4.69, 9.17) is 11.6 Å². The summed E-state index contributed by atoms with van der Waals surface area (Å²) in [4.78, 5) is 0. The van der Waals surface area contributed by atoms with Gasteiger partial charge in [0.2, 0.25) is 0 Å². The van der Waals surface area contributed by atoms with E-state index in [1.807, 2.05) is 0 Å². The quantitative estimate of drug-likeness (QED) is 0.562. The van der Waals surface area contributed by atoms with Gasteiger partial charge in [-0.3, -0.25) is 0 Å². The molecule has 0 aliphatic carbocycles. The van der Waals surface area contributed by atoms with Gasteiger partial charge in [0, 0.05) is 10.4 Å². The minimum atomic E-state index is -4.85. The predicted octanol–water partition coefficient (Wildman–Crippen LogP) is -0.540. The molecule has 0 saturated carbocycles. The van der Waals surface area contributed by atoms with Crippen LogP contribution in [0, 0.1) is 0 Å². The van der Waals surface area contributed by atoms with Gasteiger partial charge in [0.25, 0.3) is 0 Å². The second kappa shape index (κ2) is 4.64. The predicted molar refractivity (Wildman–Crippen MR) is 38.0 cm³/mol. The summed E-state index contributed by atoms with van der Waals surface area (Å²) < 4.78 is 34.9. The largest absolute Gasteiger partial charge is 1.00 e. The summed E-state index contributed by atoms with van der Waals surface area (Å²) in [6.07, 6.45) is 0. The molecular formula is C4H2BClF3KS. The molecule has 0 aliphatic heterocycles. The van der Waals surface area contributed by atoms with E-state index in [2.05, 4.69) is 0 Å². The van der Waals surface area contributed by atoms with E-state index in [-0.39, 0.29) is 56.4 Å². The van der Waals surface area contributed by atoms with E-state index in [1.54, 1.807) is 0 Å². The fourth-order valence-corrected chi connectivity index (χ4v) is 1.48. The van der Waals surface area contributed by atoms with E-state index in [0.29, 0.717) is 11.3 Å². The number of hydrogen-bond acceptors (Lipinski definition) is 1. The summed E-state index contributed by atoms with van der Waals surface area (Å²) in [6, 6.07) is 0.937. The summed E-state index contributed by atoms with van der Waals surface area (Å²) >= 11 is 5.91. The van der Waals surface area contributed by atoms with Crippen LogP contribution in [0.2, 0.25) is 5.02 Å². The Morgan fingerprint density at radius 1 is 1.36 bits per heavy atom. The van der Waals surface area contributed by atoms with Crippen LogP contribution in [0.4, 0.5) is 12.9 Å². The van der Waals surface area contributed by atoms with Crippen molar-refractivity contribution in [1.82, 2.24) is 0 Å². The second-order valence-electron chi connectivity index (χ2n) is 1.74. The van der Waals surface area contributed by atoms with Crippen molar-refractivity contribution >= 4 is 34.7 Å². The molecule has 0 aliphatic rings. The normalized spacial score (nSPS) is 10.9. The summed E-state index contributed by atoms with van der Waals surface area (Å²) in [6.45, 7) is -4.85. The zero-order valence-electron chi connectivity index (χ0n) is 5.65. The molecule has 1 rings (SSSR count). The van der Waals surface area contributed by atoms with E-state index >= 15 is 0 Å². The van der Waals surface area contributed by atoms with Crippen molar-refractivity contribution in [3.63, 3.8) is 0 Å². The Kier molecular flexibility index (Phi) is 5.27. The molecule has 0 N–H and O–H groups in total. The van der Waals surface area contributed by atoms with Crippen molar-refractivity contribution in [2.24, 2.45) is 0 Å². The Morgan fingerprint density at radius 2 is 1.91 bits per heavy atom. The Labute approximate surface area is 114 Å². The van der Waals surface area contributed by atoms with Crippen LogP contribution in [-0.2, 0) is 0 Å². The van der Waals surface area contributed by atoms with Crippen LogP contribution in [0.15, 0.2) is 11.4 Å². The average molecular weight is 224 g/mol.